The van der Waals surface area contributed by atoms with Crippen LogP contribution < -0.4 is 10.4 Å². The van der Waals surface area contributed by atoms with Gasteiger partial charge in [-0.3, -0.25) is 14.7 Å². The molecule has 0 unspecified atom stereocenters. The average Bonchev–Trinajstić information content (AvgIpc) is 3.28. The van der Waals surface area contributed by atoms with Gasteiger partial charge in [0.25, 0.3) is 15.7 Å². The van der Waals surface area contributed by atoms with Gasteiger partial charge in [-0.1, -0.05) is 55.8 Å². The van der Waals surface area contributed by atoms with E-state index in [0.29, 0.717) is 46.8 Å². The first-order valence-corrected chi connectivity index (χ1v) is 15.9. The maximum atomic E-state index is 13.9. The lowest BCUT2D eigenvalue weighted by atomic mass is 10.0. The number of ether oxygens (including phenoxy) is 1. The number of nitro benzene ring substituents is 1. The lowest BCUT2D eigenvalue weighted by molar-refractivity contribution is -0.384. The highest BCUT2D eigenvalue weighted by Crippen LogP contribution is 2.35. The normalized spacial score (nSPS) is 12.1. The Morgan fingerprint density at radius 1 is 1.04 bits per heavy atom. The van der Waals surface area contributed by atoms with Gasteiger partial charge in [0.15, 0.2) is 0 Å². The summed E-state index contributed by atoms with van der Waals surface area (Å²) in [6.45, 7) is 6.56. The number of halogens is 3. The Balaban J connectivity index is 1.71. The summed E-state index contributed by atoms with van der Waals surface area (Å²) in [4.78, 5) is 36.1. The molecule has 1 aromatic heterocycles. The lowest BCUT2D eigenvalue weighted by Gasteiger charge is -2.20. The minimum atomic E-state index is -4.92. The van der Waals surface area contributed by atoms with E-state index in [1.165, 1.54) is 16.7 Å². The van der Waals surface area contributed by atoms with Gasteiger partial charge in [0.2, 0.25) is 0 Å². The fourth-order valence-corrected chi connectivity index (χ4v) is 5.80. The standard InChI is InChI=1S/C31H32F3N5O7S/c1-5-6-11-27-35-38(25-18-22(39(42)43)16-17-24(25)31(32,33)34)29(41)37(27)19-20-12-14-21(15-13-20)23-9-7-8-10-26(23)47(44,45)36-28(40)46-30(2,3)4/h7-10,12-18H,5-6,11,19H2,1-4H3,(H,36,40). The maximum Gasteiger partial charge on any atom is 0.421 e. The van der Waals surface area contributed by atoms with Crippen molar-refractivity contribution in [1.29, 1.82) is 0 Å². The Labute approximate surface area is 268 Å². The number of unbranched alkanes of at least 4 members (excludes halogenated alkanes) is 1. The SMILES string of the molecule is CCCCc1nn(-c2cc([N+](=O)[O-])ccc2C(F)(F)F)c(=O)n1Cc1ccc(-c2ccccc2S(=O)(=O)NC(=O)OC(C)(C)C)cc1. The number of carbonyl (C=O) groups is 1. The van der Waals surface area contributed by atoms with Crippen molar-refractivity contribution in [1.82, 2.24) is 19.1 Å². The second-order valence-corrected chi connectivity index (χ2v) is 13.2. The summed E-state index contributed by atoms with van der Waals surface area (Å²) < 4.78 is 76.5. The Kier molecular flexibility index (Phi) is 9.94. The molecule has 4 aromatic rings. The molecule has 0 radical (unpaired) electrons. The smallest absolute Gasteiger partial charge is 0.421 e. The number of alkyl halides is 3. The Morgan fingerprint density at radius 2 is 1.70 bits per heavy atom. The summed E-state index contributed by atoms with van der Waals surface area (Å²) >= 11 is 0. The third-order valence-electron chi connectivity index (χ3n) is 6.82. The number of nitrogens with zero attached hydrogens (tertiary/aromatic N) is 4. The largest absolute Gasteiger partial charge is 0.443 e. The molecule has 12 nitrogen and oxygen atoms in total. The van der Waals surface area contributed by atoms with E-state index in [0.717, 1.165) is 0 Å². The van der Waals surface area contributed by atoms with Crippen molar-refractivity contribution in [3.05, 3.63) is 104 Å². The first-order chi connectivity index (χ1) is 21.9. The summed E-state index contributed by atoms with van der Waals surface area (Å²) in [7, 11) is -4.34. The molecule has 0 bridgehead atoms. The molecule has 0 saturated heterocycles. The van der Waals surface area contributed by atoms with Crippen LogP contribution in [0.3, 0.4) is 0 Å². The van der Waals surface area contributed by atoms with E-state index in [1.54, 1.807) is 57.2 Å². The zero-order chi connectivity index (χ0) is 34.7. The number of rotatable bonds is 10. The van der Waals surface area contributed by atoms with E-state index in [2.05, 4.69) is 5.10 Å². The number of aromatic nitrogens is 3. The van der Waals surface area contributed by atoms with Gasteiger partial charge in [-0.25, -0.2) is 22.7 Å². The topological polar surface area (TPSA) is 155 Å². The van der Waals surface area contributed by atoms with Gasteiger partial charge in [0.05, 0.1) is 27.6 Å². The van der Waals surface area contributed by atoms with E-state index in [4.69, 9.17) is 4.74 Å². The molecular formula is C31H32F3N5O7S. The van der Waals surface area contributed by atoms with Crippen LogP contribution in [0.4, 0.5) is 23.7 Å². The fraction of sp³-hybridized carbons (Fsp3) is 0.323. The average molecular weight is 676 g/mol. The van der Waals surface area contributed by atoms with Crippen molar-refractivity contribution in [2.24, 2.45) is 0 Å². The number of benzene rings is 3. The summed E-state index contributed by atoms with van der Waals surface area (Å²) in [5.74, 6) is 0.185. The number of hydrogen-bond donors (Lipinski definition) is 1. The van der Waals surface area contributed by atoms with Gasteiger partial charge in [-0.05, 0) is 50.5 Å². The van der Waals surface area contributed by atoms with Gasteiger partial charge >= 0.3 is 18.0 Å². The highest BCUT2D eigenvalue weighted by molar-refractivity contribution is 7.90. The second kappa shape index (κ2) is 13.4. The summed E-state index contributed by atoms with van der Waals surface area (Å²) in [5.41, 5.74) is -3.23. The second-order valence-electron chi connectivity index (χ2n) is 11.6. The zero-order valence-electron chi connectivity index (χ0n) is 25.9. The van der Waals surface area contributed by atoms with Crippen LogP contribution in [-0.4, -0.2) is 39.4 Å². The third kappa shape index (κ3) is 8.24. The van der Waals surface area contributed by atoms with Crippen LogP contribution in [0.1, 0.15) is 57.5 Å². The summed E-state index contributed by atoms with van der Waals surface area (Å²) in [5, 5.41) is 15.5. The molecule has 0 aliphatic heterocycles. The summed E-state index contributed by atoms with van der Waals surface area (Å²) in [6, 6.07) is 14.3. The Bertz CT molecular complexity index is 1960. The number of nitrogens with one attached hydrogen (secondary N) is 1. The van der Waals surface area contributed by atoms with E-state index < -0.39 is 55.4 Å². The first-order valence-electron chi connectivity index (χ1n) is 14.4. The summed E-state index contributed by atoms with van der Waals surface area (Å²) in [6.07, 6.45) is -4.53. The predicted octanol–water partition coefficient (Wildman–Crippen LogP) is 6.23. The van der Waals surface area contributed by atoms with Gasteiger partial charge in [-0.2, -0.15) is 17.9 Å². The molecule has 0 aliphatic carbocycles. The van der Waals surface area contributed by atoms with Crippen molar-refractivity contribution >= 4 is 21.8 Å². The number of non-ortho nitro benzene ring substituents is 1. The molecule has 0 aliphatic rings. The predicted molar refractivity (Wildman–Crippen MR) is 166 cm³/mol. The molecule has 0 spiro atoms. The number of carbonyl (C=O) groups excluding carboxylic acids is 1. The van der Waals surface area contributed by atoms with Gasteiger partial charge in [0, 0.05) is 24.1 Å². The van der Waals surface area contributed by atoms with Crippen molar-refractivity contribution in [2.75, 3.05) is 0 Å². The van der Waals surface area contributed by atoms with Crippen LogP contribution in [0, 0.1) is 10.1 Å². The van der Waals surface area contributed by atoms with Crippen LogP contribution in [0.15, 0.2) is 76.4 Å². The number of hydrogen-bond acceptors (Lipinski definition) is 8. The van der Waals surface area contributed by atoms with Crippen molar-refractivity contribution in [3.63, 3.8) is 0 Å². The molecule has 47 heavy (non-hydrogen) atoms. The molecule has 0 fully saturated rings. The Morgan fingerprint density at radius 3 is 2.30 bits per heavy atom. The molecule has 4 rings (SSSR count). The molecule has 0 atom stereocenters. The minimum Gasteiger partial charge on any atom is -0.443 e. The first kappa shape index (κ1) is 34.9. The number of aryl methyl sites for hydroxylation is 1. The fourth-order valence-electron chi connectivity index (χ4n) is 4.70. The highest BCUT2D eigenvalue weighted by atomic mass is 32.2. The lowest BCUT2D eigenvalue weighted by Crippen LogP contribution is -2.36. The highest BCUT2D eigenvalue weighted by Gasteiger charge is 2.36. The van der Waals surface area contributed by atoms with E-state index in [9.17, 15) is 41.3 Å². The Hall–Kier alpha value is -4.99. The van der Waals surface area contributed by atoms with Crippen LogP contribution in [0.25, 0.3) is 16.8 Å². The monoisotopic (exact) mass is 675 g/mol. The molecule has 1 heterocycles. The van der Waals surface area contributed by atoms with Gasteiger partial charge in [-0.15, -0.1) is 5.10 Å². The van der Waals surface area contributed by atoms with E-state index in [1.807, 2.05) is 11.6 Å². The van der Waals surface area contributed by atoms with Crippen molar-refractivity contribution < 1.29 is 36.0 Å². The number of nitro groups is 1. The molecule has 0 saturated carbocycles. The molecule has 3 aromatic carbocycles. The van der Waals surface area contributed by atoms with Crippen LogP contribution in [0.2, 0.25) is 0 Å². The maximum absolute atomic E-state index is 13.9. The van der Waals surface area contributed by atoms with Crippen LogP contribution in [0.5, 0.6) is 0 Å². The van der Waals surface area contributed by atoms with Gasteiger partial charge < -0.3 is 4.74 Å². The van der Waals surface area contributed by atoms with E-state index >= 15 is 0 Å². The number of sulfonamides is 1. The van der Waals surface area contributed by atoms with Crippen LogP contribution >= 0.6 is 0 Å². The van der Waals surface area contributed by atoms with Gasteiger partial charge in [0.1, 0.15) is 11.4 Å². The molecule has 1 amide bonds. The van der Waals surface area contributed by atoms with Crippen LogP contribution in [-0.2, 0) is 33.9 Å². The quantitative estimate of drug-likeness (QED) is 0.153. The number of amides is 1. The molecule has 250 valence electrons. The minimum absolute atomic E-state index is 0.103. The van der Waals surface area contributed by atoms with Crippen molar-refractivity contribution in [2.45, 2.75) is 70.2 Å². The zero-order valence-corrected chi connectivity index (χ0v) is 26.7. The van der Waals surface area contributed by atoms with Crippen molar-refractivity contribution in [3.8, 4) is 16.8 Å². The molecule has 1 N–H and O–H groups in total. The molecule has 16 heteroatoms. The molecular weight excluding hydrogens is 643 g/mol. The van der Waals surface area contributed by atoms with E-state index in [-0.39, 0.29) is 29.2 Å². The third-order valence-corrected chi connectivity index (χ3v) is 8.19.